The lowest BCUT2D eigenvalue weighted by Gasteiger charge is -2.18. The second-order valence-corrected chi connectivity index (χ2v) is 6.90. The number of hydrogen-bond donors (Lipinski definition) is 2. The maximum atomic E-state index is 12.3. The molecule has 2 aromatic heterocycles. The second-order valence-electron chi connectivity index (χ2n) is 6.90. The molecule has 1 unspecified atom stereocenters. The maximum Gasteiger partial charge on any atom is 0.407 e. The van der Waals surface area contributed by atoms with E-state index in [1.54, 1.807) is 18.5 Å². The van der Waals surface area contributed by atoms with Crippen LogP contribution in [0.25, 0.3) is 11.4 Å². The van der Waals surface area contributed by atoms with Crippen molar-refractivity contribution in [3.05, 3.63) is 66.3 Å². The average molecular weight is 409 g/mol. The van der Waals surface area contributed by atoms with Gasteiger partial charge in [0, 0.05) is 18.0 Å². The van der Waals surface area contributed by atoms with Crippen LogP contribution in [0, 0.1) is 5.92 Å². The highest BCUT2D eigenvalue weighted by molar-refractivity contribution is 5.82. The first-order valence-corrected chi connectivity index (χ1v) is 9.51. The number of pyridine rings is 1. The third-order valence-corrected chi connectivity index (χ3v) is 4.22. The summed E-state index contributed by atoms with van der Waals surface area (Å²) in [6.07, 6.45) is 2.61. The number of aromatic nitrogens is 3. The topological polar surface area (TPSA) is 119 Å². The van der Waals surface area contributed by atoms with Crippen LogP contribution >= 0.6 is 0 Å². The third kappa shape index (κ3) is 5.87. The van der Waals surface area contributed by atoms with E-state index < -0.39 is 18.0 Å². The molecule has 0 aliphatic heterocycles. The number of nitrogens with one attached hydrogen (secondary N) is 2. The summed E-state index contributed by atoms with van der Waals surface area (Å²) < 4.78 is 10.4. The normalized spacial score (nSPS) is 11.7. The lowest BCUT2D eigenvalue weighted by Crippen LogP contribution is -2.40. The van der Waals surface area contributed by atoms with Gasteiger partial charge in [-0.15, -0.1) is 0 Å². The zero-order chi connectivity index (χ0) is 21.3. The van der Waals surface area contributed by atoms with Crippen LogP contribution in [0.2, 0.25) is 0 Å². The molecular weight excluding hydrogens is 386 g/mol. The van der Waals surface area contributed by atoms with Crippen LogP contribution in [0.15, 0.2) is 59.4 Å². The molecule has 3 rings (SSSR count). The van der Waals surface area contributed by atoms with E-state index in [0.29, 0.717) is 11.4 Å². The van der Waals surface area contributed by atoms with Gasteiger partial charge in [-0.05, 0) is 23.6 Å². The Morgan fingerprint density at radius 1 is 1.13 bits per heavy atom. The van der Waals surface area contributed by atoms with Crippen molar-refractivity contribution in [2.45, 2.75) is 26.5 Å². The zero-order valence-electron chi connectivity index (χ0n) is 16.7. The van der Waals surface area contributed by atoms with E-state index in [1.165, 1.54) is 0 Å². The molecule has 9 nitrogen and oxygen atoms in total. The number of alkyl carbamates (subject to hydrolysis) is 1. The minimum Gasteiger partial charge on any atom is -0.445 e. The Kier molecular flexibility index (Phi) is 7.09. The van der Waals surface area contributed by atoms with Gasteiger partial charge in [0.2, 0.25) is 17.6 Å². The molecule has 2 heterocycles. The van der Waals surface area contributed by atoms with Crippen molar-refractivity contribution in [3.63, 3.8) is 0 Å². The molecule has 0 radical (unpaired) electrons. The fourth-order valence-electron chi connectivity index (χ4n) is 2.64. The van der Waals surface area contributed by atoms with Gasteiger partial charge in [0.1, 0.15) is 19.2 Å². The highest BCUT2D eigenvalue weighted by atomic mass is 16.5. The number of hydrogen-bond acceptors (Lipinski definition) is 7. The summed E-state index contributed by atoms with van der Waals surface area (Å²) in [5.41, 5.74) is 1.57. The predicted molar refractivity (Wildman–Crippen MR) is 108 cm³/mol. The smallest absolute Gasteiger partial charge is 0.407 e. The summed E-state index contributed by atoms with van der Waals surface area (Å²) >= 11 is 0. The summed E-state index contributed by atoms with van der Waals surface area (Å²) in [5.74, 6) is 0.261. The van der Waals surface area contributed by atoms with Crippen LogP contribution in [0.4, 0.5) is 4.79 Å². The van der Waals surface area contributed by atoms with Crippen LogP contribution in [0.5, 0.6) is 0 Å². The number of nitrogens with zero attached hydrogens (tertiary/aromatic N) is 3. The van der Waals surface area contributed by atoms with Gasteiger partial charge in [-0.3, -0.25) is 9.78 Å². The summed E-state index contributed by atoms with van der Waals surface area (Å²) in [4.78, 5) is 32.5. The Morgan fingerprint density at radius 2 is 1.93 bits per heavy atom. The van der Waals surface area contributed by atoms with Gasteiger partial charge in [0.15, 0.2) is 0 Å². The highest BCUT2D eigenvalue weighted by Crippen LogP contribution is 2.23. The van der Waals surface area contributed by atoms with Crippen molar-refractivity contribution in [3.8, 4) is 11.4 Å². The monoisotopic (exact) mass is 409 g/mol. The zero-order valence-corrected chi connectivity index (χ0v) is 16.7. The molecule has 0 spiro atoms. The van der Waals surface area contributed by atoms with Crippen molar-refractivity contribution in [2.24, 2.45) is 5.92 Å². The first-order valence-electron chi connectivity index (χ1n) is 9.51. The summed E-state index contributed by atoms with van der Waals surface area (Å²) in [6, 6.07) is 12.4. The fourth-order valence-corrected chi connectivity index (χ4v) is 2.64. The Labute approximate surface area is 173 Å². The molecule has 2 N–H and O–H groups in total. The summed E-state index contributed by atoms with van der Waals surface area (Å²) in [7, 11) is 0. The number of carbonyl (C=O) groups is 2. The standard InChI is InChI=1S/C21H23N5O4/c1-14(2)18(20-25-19(26-30-20)16-9-6-10-22-11-16)24-17(27)12-23-21(28)29-13-15-7-4-3-5-8-15/h3-11,14,18H,12-13H2,1-2H3,(H,23,28)(H,24,27). The van der Waals surface area contributed by atoms with Gasteiger partial charge in [-0.1, -0.05) is 49.3 Å². The lowest BCUT2D eigenvalue weighted by atomic mass is 10.0. The van der Waals surface area contributed by atoms with Gasteiger partial charge in [0.25, 0.3) is 0 Å². The van der Waals surface area contributed by atoms with E-state index in [-0.39, 0.29) is 25.0 Å². The molecule has 0 saturated carbocycles. The lowest BCUT2D eigenvalue weighted by molar-refractivity contribution is -0.121. The molecular formula is C21H23N5O4. The van der Waals surface area contributed by atoms with Crippen LogP contribution in [-0.4, -0.2) is 33.7 Å². The highest BCUT2D eigenvalue weighted by Gasteiger charge is 2.25. The number of benzene rings is 1. The van der Waals surface area contributed by atoms with E-state index in [4.69, 9.17) is 9.26 Å². The molecule has 2 amide bonds. The Balaban J connectivity index is 1.52. The molecule has 1 aromatic carbocycles. The van der Waals surface area contributed by atoms with Gasteiger partial charge >= 0.3 is 6.09 Å². The number of ether oxygens (including phenoxy) is 1. The fraction of sp³-hybridized carbons (Fsp3) is 0.286. The molecule has 9 heteroatoms. The van der Waals surface area contributed by atoms with Crippen LogP contribution < -0.4 is 10.6 Å². The maximum absolute atomic E-state index is 12.3. The Bertz CT molecular complexity index is 960. The first kappa shape index (κ1) is 21.0. The van der Waals surface area contributed by atoms with Crippen molar-refractivity contribution >= 4 is 12.0 Å². The molecule has 30 heavy (non-hydrogen) atoms. The third-order valence-electron chi connectivity index (χ3n) is 4.22. The second kappa shape index (κ2) is 10.1. The molecule has 156 valence electrons. The van der Waals surface area contributed by atoms with Gasteiger partial charge in [0.05, 0.1) is 0 Å². The predicted octanol–water partition coefficient (Wildman–Crippen LogP) is 2.87. The Hall–Kier alpha value is -3.75. The van der Waals surface area contributed by atoms with Gasteiger partial charge in [-0.2, -0.15) is 4.98 Å². The van der Waals surface area contributed by atoms with Crippen LogP contribution in [0.1, 0.15) is 31.3 Å². The number of amides is 2. The van der Waals surface area contributed by atoms with E-state index in [0.717, 1.165) is 5.56 Å². The van der Waals surface area contributed by atoms with Gasteiger partial charge < -0.3 is 19.9 Å². The largest absolute Gasteiger partial charge is 0.445 e. The minimum atomic E-state index is -0.674. The Morgan fingerprint density at radius 3 is 2.63 bits per heavy atom. The quantitative estimate of drug-likeness (QED) is 0.587. The van der Waals surface area contributed by atoms with E-state index in [2.05, 4.69) is 25.8 Å². The average Bonchev–Trinajstić information content (AvgIpc) is 3.25. The summed E-state index contributed by atoms with van der Waals surface area (Å²) in [5, 5.41) is 9.19. The molecule has 0 aliphatic rings. The first-order chi connectivity index (χ1) is 14.5. The molecule has 0 fully saturated rings. The molecule has 0 saturated heterocycles. The van der Waals surface area contributed by atoms with Crippen molar-refractivity contribution in [2.75, 3.05) is 6.54 Å². The van der Waals surface area contributed by atoms with E-state index >= 15 is 0 Å². The van der Waals surface area contributed by atoms with Crippen LogP contribution in [0.3, 0.4) is 0 Å². The molecule has 0 aliphatic carbocycles. The number of rotatable bonds is 8. The van der Waals surface area contributed by atoms with Crippen molar-refractivity contribution < 1.29 is 18.8 Å². The van der Waals surface area contributed by atoms with E-state index in [1.807, 2.05) is 50.2 Å². The molecule has 0 bridgehead atoms. The van der Waals surface area contributed by atoms with Crippen molar-refractivity contribution in [1.29, 1.82) is 0 Å². The van der Waals surface area contributed by atoms with Crippen LogP contribution in [-0.2, 0) is 16.1 Å². The number of carbonyl (C=O) groups excluding carboxylic acids is 2. The SMILES string of the molecule is CC(C)C(NC(=O)CNC(=O)OCc1ccccc1)c1nc(-c2cccnc2)no1. The van der Waals surface area contributed by atoms with Gasteiger partial charge in [-0.25, -0.2) is 4.79 Å². The van der Waals surface area contributed by atoms with Crippen molar-refractivity contribution in [1.82, 2.24) is 25.8 Å². The summed E-state index contributed by atoms with van der Waals surface area (Å²) in [6.45, 7) is 3.73. The molecule has 1 atom stereocenters. The van der Waals surface area contributed by atoms with E-state index in [9.17, 15) is 9.59 Å². The molecule has 3 aromatic rings. The minimum absolute atomic E-state index is 0.0128.